The quantitative estimate of drug-likeness (QED) is 0.720. The van der Waals surface area contributed by atoms with Crippen molar-refractivity contribution in [2.75, 3.05) is 7.11 Å². The number of pyridine rings is 1. The molecule has 0 amide bonds. The molecule has 0 aliphatic rings. The second-order valence-electron chi connectivity index (χ2n) is 3.97. The van der Waals surface area contributed by atoms with Gasteiger partial charge in [0.25, 0.3) is 0 Å². The Kier molecular flexibility index (Phi) is 2.80. The van der Waals surface area contributed by atoms with Crippen LogP contribution < -0.4 is 4.74 Å². The van der Waals surface area contributed by atoms with Crippen molar-refractivity contribution in [2.24, 2.45) is 0 Å². The van der Waals surface area contributed by atoms with E-state index in [2.05, 4.69) is 20.9 Å². The molecule has 3 rings (SSSR count). The maximum atomic E-state index is 5.15. The second-order valence-corrected chi connectivity index (χ2v) is 4.88. The SMILES string of the molecule is COc1ccc(-c2cn3cc(Br)ccc3n2)cc1. The first kappa shape index (κ1) is 11.3. The summed E-state index contributed by atoms with van der Waals surface area (Å²) in [5, 5.41) is 0. The number of benzene rings is 1. The molecule has 4 heteroatoms. The fraction of sp³-hybridized carbons (Fsp3) is 0.0714. The normalized spacial score (nSPS) is 10.8. The Labute approximate surface area is 113 Å². The molecule has 0 radical (unpaired) electrons. The molecule has 90 valence electrons. The van der Waals surface area contributed by atoms with Gasteiger partial charge in [0.2, 0.25) is 0 Å². The van der Waals surface area contributed by atoms with Crippen molar-refractivity contribution >= 4 is 21.6 Å². The van der Waals surface area contributed by atoms with Crippen LogP contribution >= 0.6 is 15.9 Å². The Hall–Kier alpha value is -1.81. The van der Waals surface area contributed by atoms with Crippen molar-refractivity contribution in [2.45, 2.75) is 0 Å². The molecule has 3 aromatic rings. The van der Waals surface area contributed by atoms with Crippen LogP contribution in [0.15, 0.2) is 53.3 Å². The first-order valence-electron chi connectivity index (χ1n) is 5.55. The van der Waals surface area contributed by atoms with Gasteiger partial charge in [-0.1, -0.05) is 0 Å². The van der Waals surface area contributed by atoms with E-state index in [1.165, 1.54) is 0 Å². The maximum absolute atomic E-state index is 5.15. The van der Waals surface area contributed by atoms with Crippen molar-refractivity contribution in [3.63, 3.8) is 0 Å². The number of methoxy groups -OCH3 is 1. The molecule has 1 aromatic carbocycles. The van der Waals surface area contributed by atoms with Gasteiger partial charge in [-0.15, -0.1) is 0 Å². The third kappa shape index (κ3) is 1.99. The minimum Gasteiger partial charge on any atom is -0.497 e. The molecule has 0 aliphatic heterocycles. The lowest BCUT2D eigenvalue weighted by molar-refractivity contribution is 0.415. The van der Waals surface area contributed by atoms with Crippen molar-refractivity contribution < 1.29 is 4.74 Å². The summed E-state index contributed by atoms with van der Waals surface area (Å²) >= 11 is 3.45. The number of halogens is 1. The first-order valence-corrected chi connectivity index (χ1v) is 6.34. The Morgan fingerprint density at radius 3 is 2.56 bits per heavy atom. The number of ether oxygens (including phenoxy) is 1. The third-order valence-corrected chi connectivity index (χ3v) is 3.27. The van der Waals surface area contributed by atoms with Crippen LogP contribution in [0, 0.1) is 0 Å². The number of fused-ring (bicyclic) bond motifs is 1. The summed E-state index contributed by atoms with van der Waals surface area (Å²) in [6.07, 6.45) is 4.01. The van der Waals surface area contributed by atoms with Crippen molar-refractivity contribution in [3.05, 3.63) is 53.3 Å². The van der Waals surface area contributed by atoms with E-state index in [0.29, 0.717) is 0 Å². The first-order chi connectivity index (χ1) is 8.76. The van der Waals surface area contributed by atoms with Gasteiger partial charge in [-0.05, 0) is 52.3 Å². The van der Waals surface area contributed by atoms with E-state index in [9.17, 15) is 0 Å². The highest BCUT2D eigenvalue weighted by atomic mass is 79.9. The molecule has 3 nitrogen and oxygen atoms in total. The summed E-state index contributed by atoms with van der Waals surface area (Å²) in [7, 11) is 1.66. The van der Waals surface area contributed by atoms with Crippen molar-refractivity contribution in [1.29, 1.82) is 0 Å². The van der Waals surface area contributed by atoms with E-state index in [4.69, 9.17) is 4.74 Å². The zero-order chi connectivity index (χ0) is 12.5. The average molecular weight is 303 g/mol. The van der Waals surface area contributed by atoms with Gasteiger partial charge in [0.05, 0.1) is 12.8 Å². The van der Waals surface area contributed by atoms with E-state index >= 15 is 0 Å². The lowest BCUT2D eigenvalue weighted by atomic mass is 10.2. The molecule has 2 heterocycles. The van der Waals surface area contributed by atoms with Crippen LogP contribution in [0.3, 0.4) is 0 Å². The predicted octanol–water partition coefficient (Wildman–Crippen LogP) is 3.77. The Bertz CT molecular complexity index is 689. The van der Waals surface area contributed by atoms with E-state index in [-0.39, 0.29) is 0 Å². The summed E-state index contributed by atoms with van der Waals surface area (Å²) in [5.41, 5.74) is 2.97. The summed E-state index contributed by atoms with van der Waals surface area (Å²) < 4.78 is 8.19. The molecular formula is C14H11BrN2O. The molecule has 0 saturated heterocycles. The number of hydrogen-bond acceptors (Lipinski definition) is 2. The van der Waals surface area contributed by atoms with Gasteiger partial charge in [0, 0.05) is 22.4 Å². The van der Waals surface area contributed by atoms with Gasteiger partial charge in [0.1, 0.15) is 11.4 Å². The van der Waals surface area contributed by atoms with Gasteiger partial charge in [-0.3, -0.25) is 0 Å². The molecule has 0 bridgehead atoms. The molecule has 0 atom stereocenters. The highest BCUT2D eigenvalue weighted by molar-refractivity contribution is 9.10. The highest BCUT2D eigenvalue weighted by Gasteiger charge is 2.04. The topological polar surface area (TPSA) is 26.5 Å². The minimum atomic E-state index is 0.852. The van der Waals surface area contributed by atoms with Crippen molar-refractivity contribution in [1.82, 2.24) is 9.38 Å². The van der Waals surface area contributed by atoms with E-state index < -0.39 is 0 Å². The number of nitrogens with zero attached hydrogens (tertiary/aromatic N) is 2. The Balaban J connectivity index is 2.07. The van der Waals surface area contributed by atoms with E-state index in [1.54, 1.807) is 7.11 Å². The second kappa shape index (κ2) is 4.46. The lowest BCUT2D eigenvalue weighted by Crippen LogP contribution is -1.82. The van der Waals surface area contributed by atoms with Crippen LogP contribution in [0.2, 0.25) is 0 Å². The van der Waals surface area contributed by atoms with E-state index in [1.807, 2.05) is 53.2 Å². The minimum absolute atomic E-state index is 0.852. The van der Waals surface area contributed by atoms with Crippen molar-refractivity contribution in [3.8, 4) is 17.0 Å². The fourth-order valence-corrected chi connectivity index (χ4v) is 2.22. The Morgan fingerprint density at radius 1 is 1.06 bits per heavy atom. The van der Waals surface area contributed by atoms with Crippen LogP contribution in [-0.4, -0.2) is 16.5 Å². The monoisotopic (exact) mass is 302 g/mol. The van der Waals surface area contributed by atoms with Crippen LogP contribution in [-0.2, 0) is 0 Å². The van der Waals surface area contributed by atoms with Crippen LogP contribution in [0.5, 0.6) is 5.75 Å². The fourth-order valence-electron chi connectivity index (χ4n) is 1.87. The van der Waals surface area contributed by atoms with Gasteiger partial charge < -0.3 is 9.14 Å². The highest BCUT2D eigenvalue weighted by Crippen LogP contribution is 2.22. The zero-order valence-electron chi connectivity index (χ0n) is 9.80. The summed E-state index contributed by atoms with van der Waals surface area (Å²) in [5.74, 6) is 0.852. The molecule has 2 aromatic heterocycles. The average Bonchev–Trinajstić information content (AvgIpc) is 2.81. The maximum Gasteiger partial charge on any atom is 0.137 e. The molecule has 0 N–H and O–H groups in total. The third-order valence-electron chi connectivity index (χ3n) is 2.80. The largest absolute Gasteiger partial charge is 0.497 e. The van der Waals surface area contributed by atoms with Gasteiger partial charge in [-0.25, -0.2) is 4.98 Å². The number of imidazole rings is 1. The summed E-state index contributed by atoms with van der Waals surface area (Å²) in [6.45, 7) is 0. The summed E-state index contributed by atoms with van der Waals surface area (Å²) in [4.78, 5) is 4.58. The zero-order valence-corrected chi connectivity index (χ0v) is 11.4. The molecule has 0 spiro atoms. The van der Waals surface area contributed by atoms with Crippen LogP contribution in [0.4, 0.5) is 0 Å². The number of hydrogen-bond donors (Lipinski definition) is 0. The molecular weight excluding hydrogens is 292 g/mol. The number of aromatic nitrogens is 2. The van der Waals surface area contributed by atoms with E-state index in [0.717, 1.165) is 27.1 Å². The molecule has 0 saturated carbocycles. The van der Waals surface area contributed by atoms with Gasteiger partial charge in [-0.2, -0.15) is 0 Å². The predicted molar refractivity (Wildman–Crippen MR) is 74.9 cm³/mol. The van der Waals surface area contributed by atoms with Gasteiger partial charge >= 0.3 is 0 Å². The van der Waals surface area contributed by atoms with Crippen LogP contribution in [0.1, 0.15) is 0 Å². The Morgan fingerprint density at radius 2 is 1.83 bits per heavy atom. The van der Waals surface area contributed by atoms with Crippen LogP contribution in [0.25, 0.3) is 16.9 Å². The smallest absolute Gasteiger partial charge is 0.137 e. The standard InChI is InChI=1S/C14H11BrN2O/c1-18-12-5-2-10(3-6-12)13-9-17-8-11(15)4-7-14(17)16-13/h2-9H,1H3. The summed E-state index contributed by atoms with van der Waals surface area (Å²) in [6, 6.07) is 11.9. The molecule has 0 fully saturated rings. The number of rotatable bonds is 2. The van der Waals surface area contributed by atoms with Gasteiger partial charge in [0.15, 0.2) is 0 Å². The molecule has 0 unspecified atom stereocenters. The lowest BCUT2D eigenvalue weighted by Gasteiger charge is -1.99. The molecule has 18 heavy (non-hydrogen) atoms. The molecule has 0 aliphatic carbocycles.